The number of hydrogen-bond donors (Lipinski definition) is 0. The molecule has 0 N–H and O–H groups in total. The maximum atomic E-state index is 12.1. The van der Waals surface area contributed by atoms with Gasteiger partial charge in [-0.25, -0.2) is 0 Å². The lowest BCUT2D eigenvalue weighted by Crippen LogP contribution is -2.26. The molecule has 0 aliphatic carbocycles. The molecule has 1 heterocycles. The largest absolute Gasteiger partial charge is 0.341 e. The third-order valence-corrected chi connectivity index (χ3v) is 5.04. The van der Waals surface area contributed by atoms with Crippen LogP contribution in [0.15, 0.2) is 40.2 Å². The molecule has 0 aliphatic rings. The molecule has 22 heavy (non-hydrogen) atoms. The smallest absolute Gasteiger partial charge is 0.223 e. The van der Waals surface area contributed by atoms with Crippen molar-refractivity contribution in [2.75, 3.05) is 7.05 Å². The van der Waals surface area contributed by atoms with Gasteiger partial charge in [0.05, 0.1) is 6.54 Å². The van der Waals surface area contributed by atoms with Crippen LogP contribution in [0.5, 0.6) is 0 Å². The Hall–Kier alpha value is -1.46. The molecule has 0 aliphatic heterocycles. The Balaban J connectivity index is 1.85. The van der Waals surface area contributed by atoms with Gasteiger partial charge < -0.3 is 4.90 Å². The molecule has 0 unspecified atom stereocenters. The van der Waals surface area contributed by atoms with E-state index in [0.717, 1.165) is 4.47 Å². The first-order valence-corrected chi connectivity index (χ1v) is 8.70. The summed E-state index contributed by atoms with van der Waals surface area (Å²) in [6.07, 6.45) is 0.490. The fraction of sp³-hybridized carbons (Fsp3) is 0.294. The van der Waals surface area contributed by atoms with Crippen LogP contribution in [0.3, 0.4) is 0 Å². The van der Waals surface area contributed by atoms with Crippen molar-refractivity contribution < 1.29 is 9.59 Å². The number of halogens is 1. The summed E-state index contributed by atoms with van der Waals surface area (Å²) in [6, 6.07) is 9.27. The number of hydrogen-bond acceptors (Lipinski definition) is 3. The highest BCUT2D eigenvalue weighted by Gasteiger charge is 2.14. The number of carbonyl (C=O) groups is 2. The average molecular weight is 380 g/mol. The molecule has 1 aromatic heterocycles. The normalized spacial score (nSPS) is 10.5. The lowest BCUT2D eigenvalue weighted by molar-refractivity contribution is -0.130. The maximum Gasteiger partial charge on any atom is 0.223 e. The number of benzene rings is 1. The van der Waals surface area contributed by atoms with E-state index in [2.05, 4.69) is 22.0 Å². The molecule has 116 valence electrons. The van der Waals surface area contributed by atoms with Crippen LogP contribution in [0.25, 0.3) is 0 Å². The van der Waals surface area contributed by atoms with Gasteiger partial charge in [-0.1, -0.05) is 28.1 Å². The summed E-state index contributed by atoms with van der Waals surface area (Å²) in [4.78, 5) is 27.1. The molecule has 0 bridgehead atoms. The summed E-state index contributed by atoms with van der Waals surface area (Å²) in [7, 11) is 1.78. The van der Waals surface area contributed by atoms with Gasteiger partial charge in [-0.05, 0) is 36.1 Å². The number of carbonyl (C=O) groups excluding carboxylic acids is 2. The van der Waals surface area contributed by atoms with Gasteiger partial charge in [0.25, 0.3) is 0 Å². The van der Waals surface area contributed by atoms with E-state index in [1.54, 1.807) is 35.4 Å². The Morgan fingerprint density at radius 1 is 1.14 bits per heavy atom. The van der Waals surface area contributed by atoms with Gasteiger partial charge in [-0.3, -0.25) is 9.59 Å². The van der Waals surface area contributed by atoms with Crippen molar-refractivity contribution >= 4 is 39.0 Å². The molecule has 0 spiro atoms. The molecule has 1 aromatic carbocycles. The number of nitrogens with zero attached hydrogens (tertiary/aromatic N) is 1. The lowest BCUT2D eigenvalue weighted by Gasteiger charge is -2.16. The van der Waals surface area contributed by atoms with Crippen LogP contribution in [-0.4, -0.2) is 23.6 Å². The molecular formula is C17H18BrNO2S. The minimum atomic E-state index is -0.00161. The number of thiophene rings is 1. The van der Waals surface area contributed by atoms with E-state index in [4.69, 9.17) is 0 Å². The number of aryl methyl sites for hydroxylation is 1. The zero-order valence-electron chi connectivity index (χ0n) is 12.6. The van der Waals surface area contributed by atoms with E-state index < -0.39 is 0 Å². The SMILES string of the molecule is Cc1ccsc1CN(C)C(=O)CCC(=O)c1ccc(Br)cc1. The van der Waals surface area contributed by atoms with Crippen LogP contribution in [0.1, 0.15) is 33.6 Å². The van der Waals surface area contributed by atoms with Crippen molar-refractivity contribution in [2.24, 2.45) is 0 Å². The highest BCUT2D eigenvalue weighted by atomic mass is 79.9. The minimum absolute atomic E-state index is 0.00144. The summed E-state index contributed by atoms with van der Waals surface area (Å²) in [5.74, 6) is -0.000171. The van der Waals surface area contributed by atoms with Crippen molar-refractivity contribution in [2.45, 2.75) is 26.3 Å². The second-order valence-corrected chi connectivity index (χ2v) is 7.12. The number of Topliss-reactive ketones (excluding diaryl/α,β-unsaturated/α-hetero) is 1. The van der Waals surface area contributed by atoms with Crippen LogP contribution in [0.4, 0.5) is 0 Å². The summed E-state index contributed by atoms with van der Waals surface area (Å²) >= 11 is 4.99. The molecule has 0 fully saturated rings. The van der Waals surface area contributed by atoms with Crippen molar-refractivity contribution in [1.29, 1.82) is 0 Å². The molecule has 2 rings (SSSR count). The van der Waals surface area contributed by atoms with Crippen LogP contribution in [0, 0.1) is 6.92 Å². The van der Waals surface area contributed by atoms with Crippen LogP contribution in [0.2, 0.25) is 0 Å². The van der Waals surface area contributed by atoms with Gasteiger partial charge in [0.1, 0.15) is 0 Å². The Morgan fingerprint density at radius 2 is 1.82 bits per heavy atom. The monoisotopic (exact) mass is 379 g/mol. The summed E-state index contributed by atoms with van der Waals surface area (Å²) in [5.41, 5.74) is 1.85. The van der Waals surface area contributed by atoms with Gasteiger partial charge in [0.2, 0.25) is 5.91 Å². The first-order valence-electron chi connectivity index (χ1n) is 7.03. The molecule has 3 nitrogen and oxygen atoms in total. The number of ketones is 1. The first kappa shape index (κ1) is 16.9. The topological polar surface area (TPSA) is 37.4 Å². The fourth-order valence-corrected chi connectivity index (χ4v) is 3.28. The zero-order chi connectivity index (χ0) is 16.1. The van der Waals surface area contributed by atoms with Crippen molar-refractivity contribution in [3.63, 3.8) is 0 Å². The van der Waals surface area contributed by atoms with E-state index in [1.807, 2.05) is 24.4 Å². The molecular weight excluding hydrogens is 362 g/mol. The van der Waals surface area contributed by atoms with Crippen molar-refractivity contribution in [3.05, 3.63) is 56.2 Å². The van der Waals surface area contributed by atoms with E-state index in [-0.39, 0.29) is 24.5 Å². The number of rotatable bonds is 6. The maximum absolute atomic E-state index is 12.1. The Bertz CT molecular complexity index is 664. The van der Waals surface area contributed by atoms with Crippen LogP contribution in [-0.2, 0) is 11.3 Å². The quantitative estimate of drug-likeness (QED) is 0.695. The van der Waals surface area contributed by atoms with Crippen molar-refractivity contribution in [1.82, 2.24) is 4.90 Å². The van der Waals surface area contributed by atoms with Crippen LogP contribution >= 0.6 is 27.3 Å². The van der Waals surface area contributed by atoms with E-state index in [0.29, 0.717) is 12.1 Å². The Morgan fingerprint density at radius 3 is 2.41 bits per heavy atom. The van der Waals surface area contributed by atoms with Gasteiger partial charge in [-0.2, -0.15) is 0 Å². The lowest BCUT2D eigenvalue weighted by atomic mass is 10.1. The molecule has 5 heteroatoms. The Kier molecular flexibility index (Phi) is 5.91. The molecule has 0 radical (unpaired) electrons. The third kappa shape index (κ3) is 4.52. The van der Waals surface area contributed by atoms with E-state index in [1.165, 1.54) is 10.4 Å². The third-order valence-electron chi connectivity index (χ3n) is 3.51. The predicted molar refractivity (Wildman–Crippen MR) is 93.2 cm³/mol. The second kappa shape index (κ2) is 7.70. The average Bonchev–Trinajstić information content (AvgIpc) is 2.90. The minimum Gasteiger partial charge on any atom is -0.341 e. The molecule has 0 saturated heterocycles. The molecule has 2 aromatic rings. The van der Waals surface area contributed by atoms with Gasteiger partial charge >= 0.3 is 0 Å². The summed E-state index contributed by atoms with van der Waals surface area (Å²) in [6.45, 7) is 2.65. The molecule has 0 saturated carbocycles. The zero-order valence-corrected chi connectivity index (χ0v) is 15.0. The number of amides is 1. The van der Waals surface area contributed by atoms with E-state index in [9.17, 15) is 9.59 Å². The highest BCUT2D eigenvalue weighted by molar-refractivity contribution is 9.10. The van der Waals surface area contributed by atoms with Crippen LogP contribution < -0.4 is 0 Å². The fourth-order valence-electron chi connectivity index (χ4n) is 2.06. The molecule has 1 amide bonds. The summed E-state index contributed by atoms with van der Waals surface area (Å²) < 4.78 is 0.936. The Labute approximate surface area is 143 Å². The molecule has 0 atom stereocenters. The predicted octanol–water partition coefficient (Wildman–Crippen LogP) is 4.44. The first-order chi connectivity index (χ1) is 10.5. The van der Waals surface area contributed by atoms with Gasteiger partial charge in [-0.15, -0.1) is 11.3 Å². The second-order valence-electron chi connectivity index (χ2n) is 5.21. The highest BCUT2D eigenvalue weighted by Crippen LogP contribution is 2.18. The summed E-state index contributed by atoms with van der Waals surface area (Å²) in [5, 5.41) is 2.03. The van der Waals surface area contributed by atoms with Gasteiger partial charge in [0, 0.05) is 34.8 Å². The van der Waals surface area contributed by atoms with Gasteiger partial charge in [0.15, 0.2) is 5.78 Å². The standard InChI is InChI=1S/C17H18BrNO2S/c1-12-9-10-22-16(12)11-19(2)17(21)8-7-15(20)13-3-5-14(18)6-4-13/h3-6,9-10H,7-8,11H2,1-2H3. The van der Waals surface area contributed by atoms with E-state index >= 15 is 0 Å². The van der Waals surface area contributed by atoms with Crippen molar-refractivity contribution in [3.8, 4) is 0 Å².